The Bertz CT molecular complexity index is 1150. The number of nitrogens with one attached hydrogen (secondary N) is 2. The SMILES string of the molecule is O=C(Cc1ccccc1)Nc1ccc(-c2nc3ccccc3c(=O)[nH]2)cc1. The van der Waals surface area contributed by atoms with Gasteiger partial charge in [-0.15, -0.1) is 0 Å². The summed E-state index contributed by atoms with van der Waals surface area (Å²) in [5, 5.41) is 3.44. The zero-order valence-electron chi connectivity index (χ0n) is 14.5. The molecule has 1 aromatic heterocycles. The second-order valence-electron chi connectivity index (χ2n) is 6.22. The molecule has 132 valence electrons. The van der Waals surface area contributed by atoms with Crippen LogP contribution in [0.2, 0.25) is 0 Å². The molecular weight excluding hydrogens is 338 g/mol. The number of carbonyl (C=O) groups excluding carboxylic acids is 1. The van der Waals surface area contributed by atoms with Gasteiger partial charge in [0.2, 0.25) is 5.91 Å². The van der Waals surface area contributed by atoms with E-state index in [1.54, 1.807) is 18.2 Å². The second kappa shape index (κ2) is 7.25. The molecule has 0 saturated heterocycles. The van der Waals surface area contributed by atoms with Crippen LogP contribution >= 0.6 is 0 Å². The van der Waals surface area contributed by atoms with Crippen molar-refractivity contribution in [3.8, 4) is 11.4 Å². The zero-order valence-corrected chi connectivity index (χ0v) is 14.5. The summed E-state index contributed by atoms with van der Waals surface area (Å²) in [6, 6.07) is 24.1. The molecule has 4 rings (SSSR count). The van der Waals surface area contributed by atoms with Crippen LogP contribution in [0, 0.1) is 0 Å². The fraction of sp³-hybridized carbons (Fsp3) is 0.0455. The number of rotatable bonds is 4. The third-order valence-electron chi connectivity index (χ3n) is 4.26. The van der Waals surface area contributed by atoms with Crippen molar-refractivity contribution < 1.29 is 4.79 Å². The normalized spacial score (nSPS) is 10.7. The van der Waals surface area contributed by atoms with Gasteiger partial charge in [0.1, 0.15) is 5.82 Å². The number of anilines is 1. The average molecular weight is 355 g/mol. The summed E-state index contributed by atoms with van der Waals surface area (Å²) in [5.41, 5.74) is 2.92. The number of hydrogen-bond donors (Lipinski definition) is 2. The standard InChI is InChI=1S/C22H17N3O2/c26-20(14-15-6-2-1-3-7-15)23-17-12-10-16(11-13-17)21-24-19-9-5-4-8-18(19)22(27)25-21/h1-13H,14H2,(H,23,26)(H,24,25,27). The van der Waals surface area contributed by atoms with Gasteiger partial charge in [0.25, 0.3) is 5.56 Å². The van der Waals surface area contributed by atoms with Crippen LogP contribution in [-0.2, 0) is 11.2 Å². The summed E-state index contributed by atoms with van der Waals surface area (Å²) in [6.07, 6.45) is 0.322. The van der Waals surface area contributed by atoms with Crippen LogP contribution in [0.3, 0.4) is 0 Å². The summed E-state index contributed by atoms with van der Waals surface area (Å²) < 4.78 is 0. The third-order valence-corrected chi connectivity index (χ3v) is 4.26. The number of aromatic amines is 1. The lowest BCUT2D eigenvalue weighted by Gasteiger charge is -2.07. The van der Waals surface area contributed by atoms with Crippen molar-refractivity contribution in [2.45, 2.75) is 6.42 Å². The number of benzene rings is 3. The van der Waals surface area contributed by atoms with Crippen molar-refractivity contribution >= 4 is 22.5 Å². The molecule has 2 N–H and O–H groups in total. The third kappa shape index (κ3) is 3.77. The fourth-order valence-corrected chi connectivity index (χ4v) is 2.92. The number of amides is 1. The predicted octanol–water partition coefficient (Wildman–Crippen LogP) is 3.77. The topological polar surface area (TPSA) is 74.8 Å². The molecule has 5 heteroatoms. The van der Waals surface area contributed by atoms with E-state index in [0.29, 0.717) is 28.8 Å². The summed E-state index contributed by atoms with van der Waals surface area (Å²) in [4.78, 5) is 31.7. The maximum Gasteiger partial charge on any atom is 0.259 e. The minimum Gasteiger partial charge on any atom is -0.326 e. The molecule has 0 fully saturated rings. The lowest BCUT2D eigenvalue weighted by Crippen LogP contribution is -2.14. The molecular formula is C22H17N3O2. The first-order valence-corrected chi connectivity index (χ1v) is 8.62. The first kappa shape index (κ1) is 16.7. The van der Waals surface area contributed by atoms with Crippen LogP contribution in [0.15, 0.2) is 83.7 Å². The highest BCUT2D eigenvalue weighted by molar-refractivity contribution is 5.92. The number of nitrogens with zero attached hydrogens (tertiary/aromatic N) is 1. The molecule has 1 heterocycles. The van der Waals surface area contributed by atoms with Gasteiger partial charge in [-0.3, -0.25) is 9.59 Å². The monoisotopic (exact) mass is 355 g/mol. The molecule has 0 aliphatic heterocycles. The van der Waals surface area contributed by atoms with Gasteiger partial charge in [0.05, 0.1) is 17.3 Å². The Labute approximate surface area is 155 Å². The number of para-hydroxylation sites is 1. The Morgan fingerprint density at radius 3 is 2.37 bits per heavy atom. The van der Waals surface area contributed by atoms with Crippen molar-refractivity contribution in [2.75, 3.05) is 5.32 Å². The van der Waals surface area contributed by atoms with E-state index in [-0.39, 0.29) is 11.5 Å². The van der Waals surface area contributed by atoms with Crippen LogP contribution in [-0.4, -0.2) is 15.9 Å². The summed E-state index contributed by atoms with van der Waals surface area (Å²) in [7, 11) is 0. The molecule has 5 nitrogen and oxygen atoms in total. The van der Waals surface area contributed by atoms with Crippen LogP contribution in [0.4, 0.5) is 5.69 Å². The number of hydrogen-bond acceptors (Lipinski definition) is 3. The van der Waals surface area contributed by atoms with Crippen LogP contribution in [0.1, 0.15) is 5.56 Å². The molecule has 1 amide bonds. The van der Waals surface area contributed by atoms with Gasteiger partial charge in [-0.1, -0.05) is 42.5 Å². The Hall–Kier alpha value is -3.73. The molecule has 0 atom stereocenters. The van der Waals surface area contributed by atoms with Gasteiger partial charge in [-0.05, 0) is 42.0 Å². The second-order valence-corrected chi connectivity index (χ2v) is 6.22. The molecule has 4 aromatic rings. The van der Waals surface area contributed by atoms with Crippen molar-refractivity contribution in [3.05, 3.63) is 94.8 Å². The predicted molar refractivity (Wildman–Crippen MR) is 107 cm³/mol. The first-order valence-electron chi connectivity index (χ1n) is 8.62. The quantitative estimate of drug-likeness (QED) is 0.585. The van der Waals surface area contributed by atoms with Gasteiger partial charge >= 0.3 is 0 Å². The number of fused-ring (bicyclic) bond motifs is 1. The Morgan fingerprint density at radius 2 is 1.59 bits per heavy atom. The Balaban J connectivity index is 1.52. The number of aromatic nitrogens is 2. The highest BCUT2D eigenvalue weighted by atomic mass is 16.1. The Morgan fingerprint density at radius 1 is 0.889 bits per heavy atom. The van der Waals surface area contributed by atoms with E-state index in [9.17, 15) is 9.59 Å². The lowest BCUT2D eigenvalue weighted by molar-refractivity contribution is -0.115. The lowest BCUT2D eigenvalue weighted by atomic mass is 10.1. The molecule has 0 bridgehead atoms. The minimum atomic E-state index is -0.171. The van der Waals surface area contributed by atoms with E-state index in [1.807, 2.05) is 60.7 Å². The zero-order chi connectivity index (χ0) is 18.6. The van der Waals surface area contributed by atoms with Gasteiger partial charge in [0.15, 0.2) is 0 Å². The molecule has 0 unspecified atom stereocenters. The molecule has 0 aliphatic carbocycles. The summed E-state index contributed by atoms with van der Waals surface area (Å²) >= 11 is 0. The van der Waals surface area contributed by atoms with Crippen molar-refractivity contribution in [3.63, 3.8) is 0 Å². The largest absolute Gasteiger partial charge is 0.326 e. The van der Waals surface area contributed by atoms with E-state index < -0.39 is 0 Å². The molecule has 0 saturated carbocycles. The number of H-pyrrole nitrogens is 1. The maximum atomic E-state index is 12.2. The molecule has 0 radical (unpaired) electrons. The van der Waals surface area contributed by atoms with Gasteiger partial charge in [0, 0.05) is 11.3 Å². The van der Waals surface area contributed by atoms with E-state index in [4.69, 9.17) is 0 Å². The van der Waals surface area contributed by atoms with E-state index in [0.717, 1.165) is 11.1 Å². The Kier molecular flexibility index (Phi) is 4.49. The van der Waals surface area contributed by atoms with Gasteiger partial charge in [-0.2, -0.15) is 0 Å². The summed E-state index contributed by atoms with van der Waals surface area (Å²) in [6.45, 7) is 0. The van der Waals surface area contributed by atoms with E-state index in [2.05, 4.69) is 15.3 Å². The van der Waals surface area contributed by atoms with Crippen LogP contribution < -0.4 is 10.9 Å². The smallest absolute Gasteiger partial charge is 0.259 e. The number of carbonyl (C=O) groups is 1. The molecule has 27 heavy (non-hydrogen) atoms. The molecule has 0 aliphatic rings. The first-order chi connectivity index (χ1) is 13.2. The van der Waals surface area contributed by atoms with Crippen molar-refractivity contribution in [1.82, 2.24) is 9.97 Å². The summed E-state index contributed by atoms with van der Waals surface area (Å²) in [5.74, 6) is 0.423. The maximum absolute atomic E-state index is 12.2. The molecule has 3 aromatic carbocycles. The highest BCUT2D eigenvalue weighted by Crippen LogP contribution is 2.19. The fourth-order valence-electron chi connectivity index (χ4n) is 2.92. The van der Waals surface area contributed by atoms with Gasteiger partial charge < -0.3 is 10.3 Å². The molecule has 0 spiro atoms. The van der Waals surface area contributed by atoms with E-state index >= 15 is 0 Å². The van der Waals surface area contributed by atoms with Crippen molar-refractivity contribution in [2.24, 2.45) is 0 Å². The van der Waals surface area contributed by atoms with Crippen LogP contribution in [0.25, 0.3) is 22.3 Å². The van der Waals surface area contributed by atoms with Crippen molar-refractivity contribution in [1.29, 1.82) is 0 Å². The average Bonchev–Trinajstić information content (AvgIpc) is 2.69. The van der Waals surface area contributed by atoms with E-state index in [1.165, 1.54) is 0 Å². The highest BCUT2D eigenvalue weighted by Gasteiger charge is 2.07. The van der Waals surface area contributed by atoms with Crippen LogP contribution in [0.5, 0.6) is 0 Å². The van der Waals surface area contributed by atoms with Gasteiger partial charge in [-0.25, -0.2) is 4.98 Å². The minimum absolute atomic E-state index is 0.0776.